The van der Waals surface area contributed by atoms with Crippen LogP contribution in [0.1, 0.15) is 22.8 Å². The van der Waals surface area contributed by atoms with Gasteiger partial charge in [0.2, 0.25) is 0 Å². The minimum Gasteiger partial charge on any atom is -0.486 e. The van der Waals surface area contributed by atoms with E-state index in [-0.39, 0.29) is 5.82 Å². The molecule has 0 aliphatic carbocycles. The van der Waals surface area contributed by atoms with Gasteiger partial charge in [0.25, 0.3) is 0 Å². The summed E-state index contributed by atoms with van der Waals surface area (Å²) in [4.78, 5) is 0. The zero-order valence-corrected chi connectivity index (χ0v) is 16.6. The Bertz CT molecular complexity index is 876. The van der Waals surface area contributed by atoms with E-state index in [9.17, 15) is 19.7 Å². The number of aliphatic hydroxyl groups excluding tert-OH is 3. The van der Waals surface area contributed by atoms with Crippen LogP contribution in [0.25, 0.3) is 0 Å². The maximum Gasteiger partial charge on any atom is 0.161 e. The second kappa shape index (κ2) is 8.49. The normalized spacial score (nSPS) is 28.9. The van der Waals surface area contributed by atoms with Gasteiger partial charge in [0.15, 0.2) is 11.5 Å². The first-order chi connectivity index (χ1) is 14.0. The Morgan fingerprint density at radius 2 is 1.72 bits per heavy atom. The maximum absolute atomic E-state index is 14.5. The third-order valence-corrected chi connectivity index (χ3v) is 6.06. The van der Waals surface area contributed by atoms with Crippen LogP contribution in [0.3, 0.4) is 0 Å². The molecule has 6 nitrogen and oxygen atoms in total. The first kappa shape index (κ1) is 20.4. The van der Waals surface area contributed by atoms with Gasteiger partial charge in [-0.3, -0.25) is 0 Å². The minimum absolute atomic E-state index is 0.316. The molecule has 8 heteroatoms. The molecule has 2 heterocycles. The molecule has 0 bridgehead atoms. The molecular formula is C21H23FO6S. The lowest BCUT2D eigenvalue weighted by Gasteiger charge is -2.40. The molecular weight excluding hydrogens is 399 g/mol. The van der Waals surface area contributed by atoms with E-state index >= 15 is 0 Å². The number of hydrogen-bond acceptors (Lipinski definition) is 7. The number of fused-ring (bicyclic) bond motifs is 1. The average molecular weight is 422 g/mol. The average Bonchev–Trinajstić information content (AvgIpc) is 2.74. The predicted octanol–water partition coefficient (Wildman–Crippen LogP) is 2.03. The van der Waals surface area contributed by atoms with Crippen LogP contribution >= 0.6 is 11.8 Å². The summed E-state index contributed by atoms with van der Waals surface area (Å²) in [6.45, 7) is 0.978. The van der Waals surface area contributed by atoms with Crippen molar-refractivity contribution in [3.05, 3.63) is 58.9 Å². The molecule has 1 saturated heterocycles. The molecule has 5 atom stereocenters. The van der Waals surface area contributed by atoms with Crippen molar-refractivity contribution in [3.63, 3.8) is 0 Å². The van der Waals surface area contributed by atoms with Gasteiger partial charge < -0.3 is 29.5 Å². The third kappa shape index (κ3) is 4.08. The van der Waals surface area contributed by atoms with Crippen LogP contribution in [0, 0.1) is 5.82 Å². The van der Waals surface area contributed by atoms with Crippen molar-refractivity contribution in [2.75, 3.05) is 19.5 Å². The van der Waals surface area contributed by atoms with Gasteiger partial charge in [0.05, 0.1) is 0 Å². The van der Waals surface area contributed by atoms with Gasteiger partial charge in [0, 0.05) is 6.42 Å². The van der Waals surface area contributed by atoms with E-state index in [1.807, 2.05) is 12.1 Å². The summed E-state index contributed by atoms with van der Waals surface area (Å²) in [7, 11) is 0. The van der Waals surface area contributed by atoms with Crippen LogP contribution < -0.4 is 9.47 Å². The Morgan fingerprint density at radius 3 is 2.48 bits per heavy atom. The van der Waals surface area contributed by atoms with Crippen molar-refractivity contribution >= 4 is 11.8 Å². The molecule has 0 saturated carbocycles. The fraction of sp³-hybridized carbons (Fsp3) is 0.429. The molecule has 2 aromatic carbocycles. The Labute approximate surface area is 172 Å². The molecule has 1 fully saturated rings. The standard InChI is InChI=1S/C21H23FO6S/c1-29-21-19(25)17(23)18(24)20(28-21)12-3-4-14(22)13(10-12)8-11-2-5-15-16(9-11)27-7-6-26-15/h2-5,9-10,17-21,23-25H,6-8H2,1H3/t17-,18-,19+,20+,21-/m1/s1. The number of ether oxygens (including phenoxy) is 3. The first-order valence-electron chi connectivity index (χ1n) is 9.37. The van der Waals surface area contributed by atoms with Crippen molar-refractivity contribution in [2.45, 2.75) is 36.3 Å². The quantitative estimate of drug-likeness (QED) is 0.695. The highest BCUT2D eigenvalue weighted by Crippen LogP contribution is 2.37. The summed E-state index contributed by atoms with van der Waals surface area (Å²) in [5, 5.41) is 30.6. The number of benzene rings is 2. The minimum atomic E-state index is -1.35. The molecule has 2 aliphatic heterocycles. The zero-order valence-electron chi connectivity index (χ0n) is 15.8. The van der Waals surface area contributed by atoms with Gasteiger partial charge in [-0.05, 0) is 47.2 Å². The van der Waals surface area contributed by atoms with E-state index < -0.39 is 29.9 Å². The highest BCUT2D eigenvalue weighted by molar-refractivity contribution is 7.99. The van der Waals surface area contributed by atoms with E-state index in [1.165, 1.54) is 23.9 Å². The molecule has 4 rings (SSSR count). The molecule has 2 aromatic rings. The predicted molar refractivity (Wildman–Crippen MR) is 106 cm³/mol. The summed E-state index contributed by atoms with van der Waals surface area (Å²) in [6.07, 6.45) is -2.68. The molecule has 3 N–H and O–H groups in total. The lowest BCUT2D eigenvalue weighted by molar-refractivity contribution is -0.200. The van der Waals surface area contributed by atoms with Gasteiger partial charge in [-0.1, -0.05) is 12.1 Å². The Morgan fingerprint density at radius 1 is 0.966 bits per heavy atom. The van der Waals surface area contributed by atoms with Crippen molar-refractivity contribution in [2.24, 2.45) is 0 Å². The molecule has 0 amide bonds. The van der Waals surface area contributed by atoms with Crippen LogP contribution in [-0.2, 0) is 11.2 Å². The SMILES string of the molecule is CS[C@H]1O[C@@H](c2ccc(F)c(Cc3ccc4c(c3)OCCO4)c2)[C@H](O)[C@@H](O)[C@@H]1O. The fourth-order valence-corrected chi connectivity index (χ4v) is 4.31. The Kier molecular flexibility index (Phi) is 5.98. The van der Waals surface area contributed by atoms with Crippen molar-refractivity contribution in [1.82, 2.24) is 0 Å². The third-order valence-electron chi connectivity index (χ3n) is 5.20. The number of aliphatic hydroxyl groups is 3. The fourth-order valence-electron chi connectivity index (χ4n) is 3.64. The van der Waals surface area contributed by atoms with E-state index in [2.05, 4.69) is 0 Å². The van der Waals surface area contributed by atoms with Crippen LogP contribution in [0.4, 0.5) is 4.39 Å². The molecule has 29 heavy (non-hydrogen) atoms. The largest absolute Gasteiger partial charge is 0.486 e. The van der Waals surface area contributed by atoms with Gasteiger partial charge in [0.1, 0.15) is 48.9 Å². The molecule has 0 spiro atoms. The van der Waals surface area contributed by atoms with Crippen molar-refractivity contribution in [1.29, 1.82) is 0 Å². The van der Waals surface area contributed by atoms with Crippen molar-refractivity contribution in [3.8, 4) is 11.5 Å². The number of rotatable bonds is 4. The summed E-state index contributed by atoms with van der Waals surface area (Å²) in [6, 6.07) is 9.97. The lowest BCUT2D eigenvalue weighted by Crippen LogP contribution is -2.52. The second-order valence-electron chi connectivity index (χ2n) is 7.14. The van der Waals surface area contributed by atoms with Crippen molar-refractivity contribution < 1.29 is 33.9 Å². The highest BCUT2D eigenvalue weighted by Gasteiger charge is 2.44. The summed E-state index contributed by atoms with van der Waals surface area (Å²) >= 11 is 1.24. The molecule has 156 valence electrons. The first-order valence-corrected chi connectivity index (χ1v) is 10.7. The number of thioether (sulfide) groups is 1. The number of hydrogen-bond donors (Lipinski definition) is 3. The van der Waals surface area contributed by atoms with Gasteiger partial charge >= 0.3 is 0 Å². The smallest absolute Gasteiger partial charge is 0.161 e. The highest BCUT2D eigenvalue weighted by atomic mass is 32.2. The second-order valence-corrected chi connectivity index (χ2v) is 8.07. The van der Waals surface area contributed by atoms with E-state index in [0.717, 1.165) is 5.56 Å². The summed E-state index contributed by atoms with van der Waals surface area (Å²) < 4.78 is 31.4. The molecule has 2 aliphatic rings. The number of halogens is 1. The van der Waals surface area contributed by atoms with Crippen LogP contribution in [0.5, 0.6) is 11.5 Å². The van der Waals surface area contributed by atoms with E-state index in [1.54, 1.807) is 18.4 Å². The van der Waals surface area contributed by atoms with E-state index in [4.69, 9.17) is 14.2 Å². The van der Waals surface area contributed by atoms with Crippen LogP contribution in [0.15, 0.2) is 36.4 Å². The van der Waals surface area contributed by atoms with Crippen LogP contribution in [-0.4, -0.2) is 58.5 Å². The topological polar surface area (TPSA) is 88.4 Å². The van der Waals surface area contributed by atoms with Gasteiger partial charge in [-0.15, -0.1) is 11.8 Å². The van der Waals surface area contributed by atoms with Crippen LogP contribution in [0.2, 0.25) is 0 Å². The summed E-state index contributed by atoms with van der Waals surface area (Å²) in [5.74, 6) is 0.927. The monoisotopic (exact) mass is 422 g/mol. The molecule has 0 radical (unpaired) electrons. The van der Waals surface area contributed by atoms with E-state index in [0.29, 0.717) is 42.3 Å². The van der Waals surface area contributed by atoms with Gasteiger partial charge in [-0.25, -0.2) is 4.39 Å². The Balaban J connectivity index is 1.59. The lowest BCUT2D eigenvalue weighted by atomic mass is 9.92. The molecule has 0 unspecified atom stereocenters. The van der Waals surface area contributed by atoms with Gasteiger partial charge in [-0.2, -0.15) is 0 Å². The molecule has 0 aromatic heterocycles. The summed E-state index contributed by atoms with van der Waals surface area (Å²) in [5.41, 5.74) is 1.13. The maximum atomic E-state index is 14.5. The zero-order chi connectivity index (χ0) is 20.5. The Hall–Kier alpha value is -1.84.